The molecule has 2 rings (SSSR count). The third-order valence-electron chi connectivity index (χ3n) is 4.65. The second-order valence-corrected chi connectivity index (χ2v) is 6.04. The average Bonchev–Trinajstić information content (AvgIpc) is 2.79. The van der Waals surface area contributed by atoms with Crippen molar-refractivity contribution in [2.75, 3.05) is 7.11 Å². The molecule has 1 aliphatic heterocycles. The lowest BCUT2D eigenvalue weighted by atomic mass is 9.77. The Morgan fingerprint density at radius 2 is 1.92 bits per heavy atom. The van der Waals surface area contributed by atoms with Gasteiger partial charge in [-0.2, -0.15) is 22.0 Å². The van der Waals surface area contributed by atoms with Gasteiger partial charge in [0.2, 0.25) is 0 Å². The summed E-state index contributed by atoms with van der Waals surface area (Å²) >= 11 is 0. The molecule has 10 heteroatoms. The summed E-state index contributed by atoms with van der Waals surface area (Å²) in [6.45, 7) is -1.42. The Balaban J connectivity index is 2.59. The number of benzene rings is 1. The Bertz CT molecular complexity index is 677. The predicted molar refractivity (Wildman–Crippen MR) is 76.3 cm³/mol. The lowest BCUT2D eigenvalue weighted by Gasteiger charge is -2.32. The molecule has 26 heavy (non-hydrogen) atoms. The van der Waals surface area contributed by atoms with Gasteiger partial charge in [0.05, 0.1) is 7.11 Å². The minimum Gasteiger partial charge on any atom is -0.467 e. The van der Waals surface area contributed by atoms with Crippen LogP contribution in [0.4, 0.5) is 26.3 Å². The molecule has 0 aliphatic carbocycles. The number of alkyl halides is 5. The van der Waals surface area contributed by atoms with Gasteiger partial charge in [-0.15, -0.1) is 0 Å². The van der Waals surface area contributed by atoms with Crippen molar-refractivity contribution < 1.29 is 45.3 Å². The second kappa shape index (κ2) is 6.98. The van der Waals surface area contributed by atoms with Crippen molar-refractivity contribution >= 4 is 5.97 Å². The van der Waals surface area contributed by atoms with E-state index in [2.05, 4.69) is 9.47 Å². The average molecular weight is 386 g/mol. The van der Waals surface area contributed by atoms with Gasteiger partial charge >= 0.3 is 18.8 Å². The first-order chi connectivity index (χ1) is 11.9. The molecule has 0 aromatic heterocycles. The largest absolute Gasteiger partial charge is 0.467 e. The summed E-state index contributed by atoms with van der Waals surface area (Å²) in [6, 6.07) is 2.49. The number of hydrogen-bond donors (Lipinski definition) is 0. The molecule has 1 aliphatic rings. The van der Waals surface area contributed by atoms with Crippen LogP contribution in [-0.4, -0.2) is 37.6 Å². The van der Waals surface area contributed by atoms with E-state index in [4.69, 9.17) is 4.74 Å². The molecule has 0 radical (unpaired) electrons. The minimum atomic E-state index is -4.85. The van der Waals surface area contributed by atoms with E-state index >= 15 is 0 Å². The molecule has 1 unspecified atom stereocenters. The summed E-state index contributed by atoms with van der Waals surface area (Å²) < 4.78 is 92.9. The quantitative estimate of drug-likeness (QED) is 0.579. The SMILES string of the molecule is COC(=O)C1O[C@](C)(C(F)(F)F)[C@H](C)[C@@H]1c1ccc(F)cc1OC(F)F. The van der Waals surface area contributed by atoms with Crippen molar-refractivity contribution in [2.24, 2.45) is 5.92 Å². The summed E-state index contributed by atoms with van der Waals surface area (Å²) in [6.07, 6.45) is -6.58. The Morgan fingerprint density at radius 1 is 1.31 bits per heavy atom. The van der Waals surface area contributed by atoms with Crippen LogP contribution in [0.1, 0.15) is 25.3 Å². The normalized spacial score (nSPS) is 29.1. The first-order valence-corrected chi connectivity index (χ1v) is 7.49. The number of carbonyl (C=O) groups excluding carboxylic acids is 1. The molecular weight excluding hydrogens is 370 g/mol. The topological polar surface area (TPSA) is 44.8 Å². The Morgan fingerprint density at radius 3 is 2.42 bits per heavy atom. The third kappa shape index (κ3) is 3.46. The Hall–Kier alpha value is -1.97. The highest BCUT2D eigenvalue weighted by atomic mass is 19.4. The highest BCUT2D eigenvalue weighted by molar-refractivity contribution is 5.77. The number of halogens is 6. The molecule has 1 saturated heterocycles. The monoisotopic (exact) mass is 386 g/mol. The molecule has 0 amide bonds. The summed E-state index contributed by atoms with van der Waals surface area (Å²) in [5, 5.41) is 0. The fourth-order valence-corrected chi connectivity index (χ4v) is 3.10. The van der Waals surface area contributed by atoms with Crippen molar-refractivity contribution in [1.82, 2.24) is 0 Å². The molecular formula is C16H16F6O4. The molecule has 0 N–H and O–H groups in total. The van der Waals surface area contributed by atoms with Gasteiger partial charge in [-0.1, -0.05) is 13.0 Å². The lowest BCUT2D eigenvalue weighted by molar-refractivity contribution is -0.274. The van der Waals surface area contributed by atoms with Crippen LogP contribution in [0.2, 0.25) is 0 Å². The molecule has 1 fully saturated rings. The van der Waals surface area contributed by atoms with Gasteiger partial charge in [-0.25, -0.2) is 9.18 Å². The number of carbonyl (C=O) groups is 1. The van der Waals surface area contributed by atoms with Crippen molar-refractivity contribution in [2.45, 2.75) is 44.3 Å². The fourth-order valence-electron chi connectivity index (χ4n) is 3.10. The van der Waals surface area contributed by atoms with Crippen LogP contribution in [0.5, 0.6) is 5.75 Å². The summed E-state index contributed by atoms with van der Waals surface area (Å²) in [5.74, 6) is -5.42. The number of methoxy groups -OCH3 is 1. The Labute approximate surface area is 145 Å². The molecule has 4 atom stereocenters. The van der Waals surface area contributed by atoms with Gasteiger partial charge < -0.3 is 14.2 Å². The van der Waals surface area contributed by atoms with E-state index in [0.29, 0.717) is 6.07 Å². The van der Waals surface area contributed by atoms with E-state index in [9.17, 15) is 31.1 Å². The maximum absolute atomic E-state index is 13.5. The van der Waals surface area contributed by atoms with Gasteiger partial charge in [0.25, 0.3) is 0 Å². The number of rotatable bonds is 4. The first kappa shape index (κ1) is 20.3. The fraction of sp³-hybridized carbons (Fsp3) is 0.562. The van der Waals surface area contributed by atoms with E-state index in [1.165, 1.54) is 0 Å². The van der Waals surface area contributed by atoms with Crippen molar-refractivity contribution in [3.05, 3.63) is 29.6 Å². The molecule has 1 heterocycles. The highest BCUT2D eigenvalue weighted by Gasteiger charge is 2.66. The van der Waals surface area contributed by atoms with Gasteiger partial charge in [0.15, 0.2) is 11.7 Å². The zero-order valence-electron chi connectivity index (χ0n) is 13.9. The van der Waals surface area contributed by atoms with Gasteiger partial charge in [0, 0.05) is 23.5 Å². The van der Waals surface area contributed by atoms with Crippen molar-refractivity contribution in [3.63, 3.8) is 0 Å². The molecule has 4 nitrogen and oxygen atoms in total. The van der Waals surface area contributed by atoms with Crippen LogP contribution in [0, 0.1) is 11.7 Å². The number of hydrogen-bond acceptors (Lipinski definition) is 4. The highest BCUT2D eigenvalue weighted by Crippen LogP contribution is 2.54. The molecule has 1 aromatic rings. The molecule has 1 aromatic carbocycles. The van der Waals surface area contributed by atoms with Gasteiger partial charge in [-0.3, -0.25) is 0 Å². The first-order valence-electron chi connectivity index (χ1n) is 7.49. The van der Waals surface area contributed by atoms with E-state index in [1.54, 1.807) is 0 Å². The predicted octanol–water partition coefficient (Wildman–Crippen LogP) is 4.04. The van der Waals surface area contributed by atoms with E-state index < -0.39 is 53.9 Å². The molecule has 0 spiro atoms. The summed E-state index contributed by atoms with van der Waals surface area (Å²) in [7, 11) is 0.956. The molecule has 0 saturated carbocycles. The van der Waals surface area contributed by atoms with E-state index in [0.717, 1.165) is 33.1 Å². The van der Waals surface area contributed by atoms with E-state index in [-0.39, 0.29) is 5.56 Å². The van der Waals surface area contributed by atoms with Crippen LogP contribution in [-0.2, 0) is 14.3 Å². The Kier molecular flexibility index (Phi) is 5.46. The van der Waals surface area contributed by atoms with E-state index in [1.807, 2.05) is 0 Å². The number of ether oxygens (including phenoxy) is 3. The van der Waals surface area contributed by atoms with Gasteiger partial charge in [0.1, 0.15) is 11.6 Å². The number of esters is 1. The zero-order valence-corrected chi connectivity index (χ0v) is 13.9. The van der Waals surface area contributed by atoms with Crippen LogP contribution < -0.4 is 4.74 Å². The molecule has 0 bridgehead atoms. The smallest absolute Gasteiger partial charge is 0.417 e. The minimum absolute atomic E-state index is 0.206. The van der Waals surface area contributed by atoms with Crippen LogP contribution >= 0.6 is 0 Å². The third-order valence-corrected chi connectivity index (χ3v) is 4.65. The second-order valence-electron chi connectivity index (χ2n) is 6.04. The van der Waals surface area contributed by atoms with Crippen molar-refractivity contribution in [1.29, 1.82) is 0 Å². The van der Waals surface area contributed by atoms with Gasteiger partial charge in [-0.05, 0) is 13.0 Å². The lowest BCUT2D eigenvalue weighted by Crippen LogP contribution is -2.47. The molecule has 146 valence electrons. The van der Waals surface area contributed by atoms with Crippen LogP contribution in [0.15, 0.2) is 18.2 Å². The van der Waals surface area contributed by atoms with Crippen LogP contribution in [0.25, 0.3) is 0 Å². The van der Waals surface area contributed by atoms with Crippen LogP contribution in [0.3, 0.4) is 0 Å². The summed E-state index contributed by atoms with van der Waals surface area (Å²) in [5.41, 5.74) is -2.95. The zero-order chi connectivity index (χ0) is 19.9. The maximum Gasteiger partial charge on any atom is 0.417 e. The standard InChI is InChI=1S/C16H16F6O4/c1-7-11(9-5-4-8(17)6-10(9)25-14(18)19)12(13(23)24-3)26-15(7,2)16(20,21)22/h4-7,11-12,14H,1-3H3/t7-,11-,12?,15+/m1/s1. The summed E-state index contributed by atoms with van der Waals surface area (Å²) in [4.78, 5) is 12.0. The maximum atomic E-state index is 13.5. The van der Waals surface area contributed by atoms with Crippen molar-refractivity contribution in [3.8, 4) is 5.75 Å².